The summed E-state index contributed by atoms with van der Waals surface area (Å²) in [6.45, 7) is 4.54. The van der Waals surface area contributed by atoms with E-state index in [1.807, 2.05) is 0 Å². The smallest absolute Gasteiger partial charge is 0.241 e. The van der Waals surface area contributed by atoms with E-state index in [2.05, 4.69) is 4.90 Å². The van der Waals surface area contributed by atoms with Crippen molar-refractivity contribution in [3.8, 4) is 0 Å². The largest absolute Gasteiger partial charge is 0.383 e. The van der Waals surface area contributed by atoms with Crippen molar-refractivity contribution >= 4 is 29.3 Å². The standard InChI is InChI=1S/C22H30ClN3O5/c1-30-13-11-24-7-9-25(10-8-24)19(27)15-22(17-5-3-4-6-18(17)23)16-20(28)26(21(22)29)12-14-31-2/h3-6H,7-16H2,1-2H3/t22-/m1/s1. The average Bonchev–Trinajstić information content (AvgIpc) is 3.01. The minimum Gasteiger partial charge on any atom is -0.383 e. The Balaban J connectivity index is 1.81. The lowest BCUT2D eigenvalue weighted by Gasteiger charge is -2.36. The fourth-order valence-electron chi connectivity index (χ4n) is 4.31. The van der Waals surface area contributed by atoms with Crippen LogP contribution in [0.5, 0.6) is 0 Å². The van der Waals surface area contributed by atoms with Gasteiger partial charge in [0.05, 0.1) is 25.2 Å². The van der Waals surface area contributed by atoms with E-state index in [0.29, 0.717) is 30.3 Å². The van der Waals surface area contributed by atoms with Gasteiger partial charge in [0.15, 0.2) is 0 Å². The Morgan fingerprint density at radius 1 is 1.03 bits per heavy atom. The van der Waals surface area contributed by atoms with Crippen molar-refractivity contribution in [2.24, 2.45) is 0 Å². The van der Waals surface area contributed by atoms with Gasteiger partial charge in [0.1, 0.15) is 0 Å². The normalized spacial score (nSPS) is 22.4. The number of rotatable bonds is 9. The van der Waals surface area contributed by atoms with E-state index in [9.17, 15) is 14.4 Å². The summed E-state index contributed by atoms with van der Waals surface area (Å²) >= 11 is 6.45. The summed E-state index contributed by atoms with van der Waals surface area (Å²) in [5.74, 6) is -0.824. The molecule has 0 unspecified atom stereocenters. The quantitative estimate of drug-likeness (QED) is 0.524. The molecular formula is C22H30ClN3O5. The zero-order chi connectivity index (χ0) is 22.4. The first-order chi connectivity index (χ1) is 14.9. The number of imide groups is 1. The van der Waals surface area contributed by atoms with Gasteiger partial charge in [-0.15, -0.1) is 0 Å². The van der Waals surface area contributed by atoms with Crippen LogP contribution in [-0.4, -0.2) is 99.1 Å². The fraction of sp³-hybridized carbons (Fsp3) is 0.591. The van der Waals surface area contributed by atoms with Crippen LogP contribution in [0.25, 0.3) is 0 Å². The predicted molar refractivity (Wildman–Crippen MR) is 116 cm³/mol. The van der Waals surface area contributed by atoms with E-state index in [4.69, 9.17) is 21.1 Å². The van der Waals surface area contributed by atoms with Gasteiger partial charge in [-0.2, -0.15) is 0 Å². The summed E-state index contributed by atoms with van der Waals surface area (Å²) in [5.41, 5.74) is -0.755. The number of hydrogen-bond acceptors (Lipinski definition) is 6. The SMILES string of the molecule is COCCN1CCN(C(=O)C[C@]2(c3ccccc3Cl)CC(=O)N(CCOC)C2=O)CC1. The highest BCUT2D eigenvalue weighted by atomic mass is 35.5. The lowest BCUT2D eigenvalue weighted by molar-refractivity contribution is -0.143. The summed E-state index contributed by atoms with van der Waals surface area (Å²) in [7, 11) is 3.19. The second-order valence-corrected chi connectivity index (χ2v) is 8.38. The maximum Gasteiger partial charge on any atom is 0.241 e. The number of methoxy groups -OCH3 is 2. The Hall–Kier alpha value is -2.00. The molecule has 0 N–H and O–H groups in total. The number of carbonyl (C=O) groups excluding carboxylic acids is 3. The van der Waals surface area contributed by atoms with E-state index >= 15 is 0 Å². The van der Waals surface area contributed by atoms with Crippen molar-refractivity contribution in [2.45, 2.75) is 18.3 Å². The van der Waals surface area contributed by atoms with Crippen molar-refractivity contribution < 1.29 is 23.9 Å². The van der Waals surface area contributed by atoms with Crippen LogP contribution in [0.2, 0.25) is 5.02 Å². The molecule has 0 aliphatic carbocycles. The van der Waals surface area contributed by atoms with Crippen LogP contribution in [0.1, 0.15) is 18.4 Å². The van der Waals surface area contributed by atoms with Gasteiger partial charge < -0.3 is 14.4 Å². The molecule has 2 fully saturated rings. The van der Waals surface area contributed by atoms with Crippen LogP contribution in [-0.2, 0) is 29.3 Å². The lowest BCUT2D eigenvalue weighted by Crippen LogP contribution is -2.51. The van der Waals surface area contributed by atoms with Crippen molar-refractivity contribution in [2.75, 3.05) is 66.7 Å². The van der Waals surface area contributed by atoms with Gasteiger partial charge in [0, 0.05) is 64.8 Å². The van der Waals surface area contributed by atoms with Crippen LogP contribution in [0, 0.1) is 0 Å². The number of piperazine rings is 1. The Morgan fingerprint density at radius 3 is 2.32 bits per heavy atom. The molecule has 2 aliphatic rings. The van der Waals surface area contributed by atoms with Crippen LogP contribution in [0.15, 0.2) is 24.3 Å². The lowest BCUT2D eigenvalue weighted by atomic mass is 9.75. The summed E-state index contributed by atoms with van der Waals surface area (Å²) in [4.78, 5) is 44.7. The van der Waals surface area contributed by atoms with Gasteiger partial charge in [0.2, 0.25) is 17.7 Å². The maximum absolute atomic E-state index is 13.5. The number of amides is 3. The van der Waals surface area contributed by atoms with Gasteiger partial charge >= 0.3 is 0 Å². The van der Waals surface area contributed by atoms with Crippen molar-refractivity contribution in [1.82, 2.24) is 14.7 Å². The molecule has 1 aromatic carbocycles. The third kappa shape index (κ3) is 5.09. The molecule has 0 radical (unpaired) electrons. The first kappa shape index (κ1) is 23.7. The molecule has 9 heteroatoms. The summed E-state index contributed by atoms with van der Waals surface area (Å²) in [6.07, 6.45) is -0.151. The van der Waals surface area contributed by atoms with Gasteiger partial charge in [-0.1, -0.05) is 29.8 Å². The summed E-state index contributed by atoms with van der Waals surface area (Å²) in [6, 6.07) is 6.97. The molecule has 0 saturated carbocycles. The molecular weight excluding hydrogens is 422 g/mol. The molecule has 0 spiro atoms. The number of nitrogens with zero attached hydrogens (tertiary/aromatic N) is 3. The second kappa shape index (κ2) is 10.5. The Kier molecular flexibility index (Phi) is 8.05. The molecule has 2 saturated heterocycles. The van der Waals surface area contributed by atoms with Crippen LogP contribution in [0.4, 0.5) is 0 Å². The maximum atomic E-state index is 13.5. The van der Waals surface area contributed by atoms with Crippen molar-refractivity contribution in [3.63, 3.8) is 0 Å². The van der Waals surface area contributed by atoms with Gasteiger partial charge in [-0.3, -0.25) is 24.2 Å². The highest BCUT2D eigenvalue weighted by Crippen LogP contribution is 2.43. The number of hydrogen-bond donors (Lipinski definition) is 0. The second-order valence-electron chi connectivity index (χ2n) is 7.97. The molecule has 31 heavy (non-hydrogen) atoms. The first-order valence-electron chi connectivity index (χ1n) is 10.5. The summed E-state index contributed by atoms with van der Waals surface area (Å²) < 4.78 is 10.2. The molecule has 2 heterocycles. The number of likely N-dealkylation sites (tertiary alicyclic amines) is 1. The van der Waals surface area contributed by atoms with E-state index < -0.39 is 5.41 Å². The average molecular weight is 452 g/mol. The van der Waals surface area contributed by atoms with Crippen molar-refractivity contribution in [1.29, 1.82) is 0 Å². The van der Waals surface area contributed by atoms with Crippen LogP contribution < -0.4 is 0 Å². The fourth-order valence-corrected chi connectivity index (χ4v) is 4.63. The minimum absolute atomic E-state index is 0.0706. The summed E-state index contributed by atoms with van der Waals surface area (Å²) in [5, 5.41) is 0.384. The van der Waals surface area contributed by atoms with E-state index in [-0.39, 0.29) is 43.7 Å². The van der Waals surface area contributed by atoms with Crippen LogP contribution >= 0.6 is 11.6 Å². The third-order valence-electron chi connectivity index (χ3n) is 6.11. The van der Waals surface area contributed by atoms with Crippen molar-refractivity contribution in [3.05, 3.63) is 34.9 Å². The molecule has 170 valence electrons. The van der Waals surface area contributed by atoms with Gasteiger partial charge in [0.25, 0.3) is 0 Å². The molecule has 8 nitrogen and oxygen atoms in total. The first-order valence-corrected chi connectivity index (χ1v) is 10.9. The predicted octanol–water partition coefficient (Wildman–Crippen LogP) is 1.16. The number of ether oxygens (including phenoxy) is 2. The Labute approximate surface area is 188 Å². The minimum atomic E-state index is -1.28. The molecule has 3 amide bonds. The Morgan fingerprint density at radius 2 is 1.68 bits per heavy atom. The Bertz CT molecular complexity index is 812. The topological polar surface area (TPSA) is 79.4 Å². The number of benzene rings is 1. The van der Waals surface area contributed by atoms with Gasteiger partial charge in [-0.05, 0) is 11.6 Å². The number of halogens is 1. The zero-order valence-corrected chi connectivity index (χ0v) is 18.9. The van der Waals surface area contributed by atoms with E-state index in [0.717, 1.165) is 19.6 Å². The van der Waals surface area contributed by atoms with E-state index in [1.54, 1.807) is 36.3 Å². The zero-order valence-electron chi connectivity index (χ0n) is 18.1. The molecule has 2 aliphatic heterocycles. The third-order valence-corrected chi connectivity index (χ3v) is 6.44. The highest BCUT2D eigenvalue weighted by molar-refractivity contribution is 6.32. The molecule has 0 aromatic heterocycles. The van der Waals surface area contributed by atoms with Crippen LogP contribution in [0.3, 0.4) is 0 Å². The molecule has 1 aromatic rings. The van der Waals surface area contributed by atoms with E-state index in [1.165, 1.54) is 12.0 Å². The number of carbonyl (C=O) groups is 3. The highest BCUT2D eigenvalue weighted by Gasteiger charge is 2.54. The molecule has 0 bridgehead atoms. The van der Waals surface area contributed by atoms with Gasteiger partial charge in [-0.25, -0.2) is 0 Å². The monoisotopic (exact) mass is 451 g/mol. The molecule has 3 rings (SSSR count). The molecule has 1 atom stereocenters.